The van der Waals surface area contributed by atoms with Crippen LogP contribution in [0.15, 0.2) is 29.3 Å². The molecule has 1 saturated carbocycles. The van der Waals surface area contributed by atoms with Crippen LogP contribution >= 0.6 is 24.0 Å². The fraction of sp³-hybridized carbons (Fsp3) is 0.529. The number of aliphatic imine (C=N–C) groups is 1. The van der Waals surface area contributed by atoms with Gasteiger partial charge in [-0.15, -0.1) is 24.0 Å². The molecular weight excluding hydrogens is 460 g/mol. The topological polar surface area (TPSA) is 65.5 Å². The van der Waals surface area contributed by atoms with Gasteiger partial charge in [0, 0.05) is 32.6 Å². The summed E-state index contributed by atoms with van der Waals surface area (Å²) in [5.41, 5.74) is 0.0583. The van der Waals surface area contributed by atoms with E-state index in [0.29, 0.717) is 37.9 Å². The number of hydrogen-bond donors (Lipinski definition) is 3. The summed E-state index contributed by atoms with van der Waals surface area (Å²) >= 11 is 0. The quantitative estimate of drug-likeness (QED) is 0.241. The van der Waals surface area contributed by atoms with Crippen molar-refractivity contribution in [1.82, 2.24) is 16.0 Å². The number of carbonyl (C=O) groups is 1. The number of amides is 1. The molecule has 0 spiro atoms. The second-order valence-corrected chi connectivity index (χ2v) is 5.99. The number of benzene rings is 1. The summed E-state index contributed by atoms with van der Waals surface area (Å²) < 4.78 is 37.6. The van der Waals surface area contributed by atoms with Crippen LogP contribution in [0, 0.1) is 0 Å². The first kappa shape index (κ1) is 22.5. The highest BCUT2D eigenvalue weighted by Gasteiger charge is 2.29. The molecule has 1 amide bonds. The normalized spacial score (nSPS) is 14.4. The van der Waals surface area contributed by atoms with Crippen molar-refractivity contribution in [3.8, 4) is 0 Å². The minimum atomic E-state index is -4.32. The van der Waals surface area contributed by atoms with Crippen molar-refractivity contribution in [3.63, 3.8) is 0 Å². The molecule has 9 heteroatoms. The standard InChI is InChI=1S/C17H23F3N4O.HI/c1-21-16(22-10-2-3-15(25)24-14-8-9-14)23-11-12-4-6-13(7-5-12)17(18,19)20;/h4-7,14H,2-3,8-11H2,1H3,(H,24,25)(H2,21,22,23);1H. The first-order chi connectivity index (χ1) is 11.9. The van der Waals surface area contributed by atoms with Crippen LogP contribution in [0.5, 0.6) is 0 Å². The van der Waals surface area contributed by atoms with Crippen LogP contribution < -0.4 is 16.0 Å². The molecule has 0 bridgehead atoms. The van der Waals surface area contributed by atoms with Crippen molar-refractivity contribution in [2.24, 2.45) is 4.99 Å². The van der Waals surface area contributed by atoms with Gasteiger partial charge in [0.05, 0.1) is 5.56 Å². The Morgan fingerprint density at radius 3 is 2.38 bits per heavy atom. The average Bonchev–Trinajstić information content (AvgIpc) is 3.37. The molecule has 0 heterocycles. The van der Waals surface area contributed by atoms with Crippen molar-refractivity contribution in [2.45, 2.75) is 44.4 Å². The minimum Gasteiger partial charge on any atom is -0.356 e. The van der Waals surface area contributed by atoms with Gasteiger partial charge in [0.15, 0.2) is 5.96 Å². The molecule has 3 N–H and O–H groups in total. The predicted molar refractivity (Wildman–Crippen MR) is 105 cm³/mol. The molecule has 5 nitrogen and oxygen atoms in total. The number of nitrogens with one attached hydrogen (secondary N) is 3. The number of hydrogen-bond acceptors (Lipinski definition) is 2. The lowest BCUT2D eigenvalue weighted by atomic mass is 10.1. The molecule has 0 aromatic heterocycles. The molecule has 0 unspecified atom stereocenters. The summed E-state index contributed by atoms with van der Waals surface area (Å²) in [5, 5.41) is 9.03. The van der Waals surface area contributed by atoms with Crippen LogP contribution in [0.25, 0.3) is 0 Å². The number of alkyl halides is 3. The van der Waals surface area contributed by atoms with E-state index in [1.54, 1.807) is 7.05 Å². The van der Waals surface area contributed by atoms with Gasteiger partial charge in [-0.2, -0.15) is 13.2 Å². The molecule has 146 valence electrons. The van der Waals surface area contributed by atoms with Crippen LogP contribution in [0.4, 0.5) is 13.2 Å². The van der Waals surface area contributed by atoms with Crippen molar-refractivity contribution in [2.75, 3.05) is 13.6 Å². The van der Waals surface area contributed by atoms with Crippen molar-refractivity contribution >= 4 is 35.8 Å². The summed E-state index contributed by atoms with van der Waals surface area (Å²) in [6.45, 7) is 0.949. The maximum atomic E-state index is 12.5. The second-order valence-electron chi connectivity index (χ2n) is 5.99. The lowest BCUT2D eigenvalue weighted by molar-refractivity contribution is -0.137. The lowest BCUT2D eigenvalue weighted by Crippen LogP contribution is -2.37. The molecular formula is C17H24F3IN4O. The van der Waals surface area contributed by atoms with E-state index in [-0.39, 0.29) is 29.9 Å². The summed E-state index contributed by atoms with van der Waals surface area (Å²) in [6, 6.07) is 5.37. The molecule has 0 radical (unpaired) electrons. The van der Waals surface area contributed by atoms with E-state index < -0.39 is 11.7 Å². The number of halogens is 4. The summed E-state index contributed by atoms with van der Waals surface area (Å²) in [7, 11) is 1.61. The van der Waals surface area contributed by atoms with Gasteiger partial charge in [-0.3, -0.25) is 9.79 Å². The fourth-order valence-corrected chi connectivity index (χ4v) is 2.20. The highest BCUT2D eigenvalue weighted by Crippen LogP contribution is 2.29. The SMILES string of the molecule is CN=C(NCCCC(=O)NC1CC1)NCc1ccc(C(F)(F)F)cc1.I. The third-order valence-electron chi connectivity index (χ3n) is 3.78. The maximum Gasteiger partial charge on any atom is 0.416 e. The van der Waals surface area contributed by atoms with Gasteiger partial charge in [-0.1, -0.05) is 12.1 Å². The van der Waals surface area contributed by atoms with Gasteiger partial charge >= 0.3 is 6.18 Å². The zero-order valence-electron chi connectivity index (χ0n) is 14.5. The van der Waals surface area contributed by atoms with Crippen molar-refractivity contribution in [3.05, 3.63) is 35.4 Å². The molecule has 2 rings (SSSR count). The molecule has 0 saturated heterocycles. The number of nitrogens with zero attached hydrogens (tertiary/aromatic N) is 1. The van der Waals surface area contributed by atoms with Crippen LogP contribution in [0.3, 0.4) is 0 Å². The first-order valence-corrected chi connectivity index (χ1v) is 8.28. The Morgan fingerprint density at radius 2 is 1.85 bits per heavy atom. The maximum absolute atomic E-state index is 12.5. The first-order valence-electron chi connectivity index (χ1n) is 8.28. The lowest BCUT2D eigenvalue weighted by Gasteiger charge is -2.12. The predicted octanol–water partition coefficient (Wildman–Crippen LogP) is 3.05. The Labute approximate surface area is 168 Å². The molecule has 1 aromatic rings. The Morgan fingerprint density at radius 1 is 1.19 bits per heavy atom. The molecule has 1 aromatic carbocycles. The van der Waals surface area contributed by atoms with Crippen LogP contribution in [0.2, 0.25) is 0 Å². The highest BCUT2D eigenvalue weighted by atomic mass is 127. The zero-order chi connectivity index (χ0) is 18.3. The molecule has 1 aliphatic rings. The smallest absolute Gasteiger partial charge is 0.356 e. The highest BCUT2D eigenvalue weighted by molar-refractivity contribution is 14.0. The van der Waals surface area contributed by atoms with E-state index in [9.17, 15) is 18.0 Å². The molecule has 0 atom stereocenters. The van der Waals surface area contributed by atoms with Crippen molar-refractivity contribution in [1.29, 1.82) is 0 Å². The molecule has 26 heavy (non-hydrogen) atoms. The van der Waals surface area contributed by atoms with Gasteiger partial charge < -0.3 is 16.0 Å². The van der Waals surface area contributed by atoms with Crippen LogP contribution in [-0.2, 0) is 17.5 Å². The third-order valence-corrected chi connectivity index (χ3v) is 3.78. The van der Waals surface area contributed by atoms with Crippen LogP contribution in [-0.4, -0.2) is 31.5 Å². The zero-order valence-corrected chi connectivity index (χ0v) is 16.9. The van der Waals surface area contributed by atoms with Gasteiger partial charge in [0.1, 0.15) is 0 Å². The Bertz CT molecular complexity index is 601. The minimum absolute atomic E-state index is 0. The van der Waals surface area contributed by atoms with E-state index in [1.165, 1.54) is 12.1 Å². The van der Waals surface area contributed by atoms with Gasteiger partial charge in [-0.25, -0.2) is 0 Å². The van der Waals surface area contributed by atoms with E-state index in [0.717, 1.165) is 30.5 Å². The number of carbonyl (C=O) groups excluding carboxylic acids is 1. The van der Waals surface area contributed by atoms with Gasteiger partial charge in [-0.05, 0) is 37.0 Å². The fourth-order valence-electron chi connectivity index (χ4n) is 2.20. The number of rotatable bonds is 7. The third kappa shape index (κ3) is 8.24. The summed E-state index contributed by atoms with van der Waals surface area (Å²) in [6.07, 6.45) is -1.04. The summed E-state index contributed by atoms with van der Waals surface area (Å²) in [4.78, 5) is 15.6. The van der Waals surface area contributed by atoms with E-state index in [1.807, 2.05) is 0 Å². The summed E-state index contributed by atoms with van der Waals surface area (Å²) in [5.74, 6) is 0.611. The molecule has 1 aliphatic carbocycles. The van der Waals surface area contributed by atoms with Gasteiger partial charge in [0.25, 0.3) is 0 Å². The van der Waals surface area contributed by atoms with E-state index >= 15 is 0 Å². The molecule has 0 aliphatic heterocycles. The molecule has 1 fully saturated rings. The second kappa shape index (κ2) is 10.6. The van der Waals surface area contributed by atoms with E-state index in [2.05, 4.69) is 20.9 Å². The van der Waals surface area contributed by atoms with Crippen molar-refractivity contribution < 1.29 is 18.0 Å². The Hall–Kier alpha value is -1.52. The monoisotopic (exact) mass is 484 g/mol. The number of guanidine groups is 1. The van der Waals surface area contributed by atoms with Crippen LogP contribution in [0.1, 0.15) is 36.8 Å². The Kier molecular flexibility index (Phi) is 9.17. The van der Waals surface area contributed by atoms with E-state index in [4.69, 9.17) is 0 Å². The largest absolute Gasteiger partial charge is 0.416 e. The Balaban J connectivity index is 0.00000338. The average molecular weight is 484 g/mol. The van der Waals surface area contributed by atoms with Gasteiger partial charge in [0.2, 0.25) is 5.91 Å².